The van der Waals surface area contributed by atoms with E-state index in [1.54, 1.807) is 43.6 Å². The third-order valence-electron chi connectivity index (χ3n) is 5.09. The van der Waals surface area contributed by atoms with Crippen LogP contribution < -0.4 is 16.6 Å². The zero-order valence-corrected chi connectivity index (χ0v) is 20.3. The highest BCUT2D eigenvalue weighted by Gasteiger charge is 2.19. The molecule has 0 aliphatic rings. The second kappa shape index (κ2) is 11.7. The van der Waals surface area contributed by atoms with Crippen LogP contribution >= 0.6 is 0 Å². The summed E-state index contributed by atoms with van der Waals surface area (Å²) in [4.78, 5) is 41.1. The number of carbonyl (C=O) groups is 2. The van der Waals surface area contributed by atoms with Crippen molar-refractivity contribution in [1.82, 2.24) is 19.6 Å². The van der Waals surface area contributed by atoms with E-state index in [1.807, 2.05) is 13.0 Å². The molecule has 0 atom stereocenters. The second-order valence-corrected chi connectivity index (χ2v) is 7.89. The number of nitrogens with zero attached hydrogens (tertiary/aromatic N) is 5. The van der Waals surface area contributed by atoms with Crippen molar-refractivity contribution in [1.29, 1.82) is 0 Å². The van der Waals surface area contributed by atoms with Gasteiger partial charge < -0.3 is 15.8 Å². The first-order valence-electron chi connectivity index (χ1n) is 10.9. The van der Waals surface area contributed by atoms with Crippen LogP contribution in [0.25, 0.3) is 5.57 Å². The zero-order valence-electron chi connectivity index (χ0n) is 20.3. The molecule has 3 N–H and O–H groups in total. The molecule has 11 heteroatoms. The van der Waals surface area contributed by atoms with Gasteiger partial charge in [0.15, 0.2) is 5.69 Å². The van der Waals surface area contributed by atoms with Gasteiger partial charge in [-0.3, -0.25) is 19.3 Å². The molecule has 0 fully saturated rings. The Hall–Kier alpha value is -4.64. The normalized spacial score (nSPS) is 11.8. The minimum absolute atomic E-state index is 0.00568. The van der Waals surface area contributed by atoms with Gasteiger partial charge in [0.2, 0.25) is 0 Å². The Bertz CT molecular complexity index is 1420. The van der Waals surface area contributed by atoms with E-state index in [1.165, 1.54) is 28.7 Å². The van der Waals surface area contributed by atoms with E-state index >= 15 is 0 Å². The van der Waals surface area contributed by atoms with Crippen LogP contribution in [-0.2, 0) is 18.3 Å². The molecule has 11 nitrogen and oxygen atoms in total. The Labute approximate surface area is 207 Å². The molecule has 3 aromatic rings. The van der Waals surface area contributed by atoms with E-state index in [2.05, 4.69) is 27.2 Å². The zero-order chi connectivity index (χ0) is 26.2. The quantitative estimate of drug-likeness (QED) is 0.265. The lowest BCUT2D eigenvalue weighted by molar-refractivity contribution is 0.0594. The minimum atomic E-state index is -0.665. The summed E-state index contributed by atoms with van der Waals surface area (Å²) in [6, 6.07) is 9.76. The Morgan fingerprint density at radius 3 is 2.72 bits per heavy atom. The number of aliphatic imine (C=N–C) groups is 1. The molecule has 1 aromatic carbocycles. The molecule has 2 heterocycles. The number of carbonyl (C=O) groups excluding carboxylic acids is 2. The fraction of sp³-hybridized carbons (Fsp3) is 0.200. The van der Waals surface area contributed by atoms with Crippen molar-refractivity contribution in [3.8, 4) is 0 Å². The number of rotatable bonds is 9. The monoisotopic (exact) mass is 489 g/mol. The molecule has 0 aliphatic carbocycles. The predicted molar refractivity (Wildman–Crippen MR) is 137 cm³/mol. The number of aromatic nitrogens is 4. The van der Waals surface area contributed by atoms with Gasteiger partial charge >= 0.3 is 5.97 Å². The summed E-state index contributed by atoms with van der Waals surface area (Å²) in [7, 11) is 2.86. The number of nitrogens with two attached hydrogens (primary N) is 1. The fourth-order valence-electron chi connectivity index (χ4n) is 3.32. The number of benzene rings is 1. The highest BCUT2D eigenvalue weighted by Crippen LogP contribution is 2.17. The highest BCUT2D eigenvalue weighted by atomic mass is 16.5. The van der Waals surface area contributed by atoms with Gasteiger partial charge in [0.05, 0.1) is 25.0 Å². The van der Waals surface area contributed by atoms with Crippen LogP contribution in [0.2, 0.25) is 0 Å². The molecule has 36 heavy (non-hydrogen) atoms. The van der Waals surface area contributed by atoms with Crippen LogP contribution in [0.1, 0.15) is 39.0 Å². The van der Waals surface area contributed by atoms with Crippen LogP contribution in [0.5, 0.6) is 0 Å². The first kappa shape index (κ1) is 26.0. The number of amides is 1. The van der Waals surface area contributed by atoms with Crippen LogP contribution in [0.15, 0.2) is 70.2 Å². The molecule has 0 saturated carbocycles. The van der Waals surface area contributed by atoms with Gasteiger partial charge in [-0.25, -0.2) is 9.48 Å². The molecule has 3 rings (SSSR count). The van der Waals surface area contributed by atoms with Crippen molar-refractivity contribution in [2.24, 2.45) is 17.8 Å². The van der Waals surface area contributed by atoms with Gasteiger partial charge in [-0.15, -0.1) is 0 Å². The first-order chi connectivity index (χ1) is 17.2. The summed E-state index contributed by atoms with van der Waals surface area (Å²) in [5.41, 5.74) is 8.70. The van der Waals surface area contributed by atoms with Crippen molar-refractivity contribution in [3.05, 3.63) is 93.3 Å². The van der Waals surface area contributed by atoms with Gasteiger partial charge in [-0.2, -0.15) is 10.2 Å². The largest absolute Gasteiger partial charge is 0.464 e. The smallest absolute Gasteiger partial charge is 0.360 e. The SMILES string of the molecule is C=N/C=C(\C=C(/C)CN)c1ccc(=O)n(Cc2cccc(C(=O)Nc3cn(C)nc3C(=O)OC)c2)n1. The Morgan fingerprint density at radius 2 is 2.03 bits per heavy atom. The molecule has 0 spiro atoms. The van der Waals surface area contributed by atoms with Crippen molar-refractivity contribution >= 4 is 29.9 Å². The van der Waals surface area contributed by atoms with Gasteiger partial charge in [0, 0.05) is 43.2 Å². The molecule has 2 aromatic heterocycles. The Kier molecular flexibility index (Phi) is 8.42. The van der Waals surface area contributed by atoms with Crippen molar-refractivity contribution in [3.63, 3.8) is 0 Å². The summed E-state index contributed by atoms with van der Waals surface area (Å²) in [5, 5.41) is 11.2. The van der Waals surface area contributed by atoms with Crippen molar-refractivity contribution in [2.75, 3.05) is 19.0 Å². The number of nitrogens with one attached hydrogen (secondary N) is 1. The van der Waals surface area contributed by atoms with Crippen LogP contribution in [-0.4, -0.2) is 51.8 Å². The molecule has 186 valence electrons. The lowest BCUT2D eigenvalue weighted by atomic mass is 10.1. The van der Waals surface area contributed by atoms with Crippen LogP contribution in [0, 0.1) is 0 Å². The summed E-state index contributed by atoms with van der Waals surface area (Å²) in [5.74, 6) is -1.12. The number of methoxy groups -OCH3 is 1. The van der Waals surface area contributed by atoms with Gasteiger partial charge in [0.25, 0.3) is 11.5 Å². The van der Waals surface area contributed by atoms with Gasteiger partial charge in [0.1, 0.15) is 0 Å². The van der Waals surface area contributed by atoms with Crippen molar-refractivity contribution in [2.45, 2.75) is 13.5 Å². The average Bonchev–Trinajstić information content (AvgIpc) is 3.24. The number of anilines is 1. The maximum absolute atomic E-state index is 12.9. The molecule has 0 aliphatic heterocycles. The van der Waals surface area contributed by atoms with E-state index in [0.717, 1.165) is 5.57 Å². The van der Waals surface area contributed by atoms with Crippen LogP contribution in [0.4, 0.5) is 5.69 Å². The molecule has 0 unspecified atom stereocenters. The van der Waals surface area contributed by atoms with E-state index in [-0.39, 0.29) is 23.5 Å². The molecular weight excluding hydrogens is 462 g/mol. The number of aryl methyl sites for hydroxylation is 1. The van der Waals surface area contributed by atoms with Gasteiger partial charge in [-0.1, -0.05) is 23.8 Å². The maximum atomic E-state index is 12.9. The second-order valence-electron chi connectivity index (χ2n) is 7.89. The summed E-state index contributed by atoms with van der Waals surface area (Å²) in [6.45, 7) is 5.86. The van der Waals surface area contributed by atoms with Crippen LogP contribution in [0.3, 0.4) is 0 Å². The van der Waals surface area contributed by atoms with Crippen molar-refractivity contribution < 1.29 is 14.3 Å². The third-order valence-corrected chi connectivity index (χ3v) is 5.09. The topological polar surface area (TPSA) is 146 Å². The minimum Gasteiger partial charge on any atom is -0.464 e. The summed E-state index contributed by atoms with van der Waals surface area (Å²) in [6.07, 6.45) is 4.88. The first-order valence-corrected chi connectivity index (χ1v) is 10.9. The molecule has 0 bridgehead atoms. The highest BCUT2D eigenvalue weighted by molar-refractivity contribution is 6.07. The van der Waals surface area contributed by atoms with E-state index < -0.39 is 11.9 Å². The predicted octanol–water partition coefficient (Wildman–Crippen LogP) is 2.01. The summed E-state index contributed by atoms with van der Waals surface area (Å²) < 4.78 is 7.41. The lowest BCUT2D eigenvalue weighted by Crippen LogP contribution is -2.23. The summed E-state index contributed by atoms with van der Waals surface area (Å²) >= 11 is 0. The third kappa shape index (κ3) is 6.27. The number of hydrogen-bond donors (Lipinski definition) is 2. The number of esters is 1. The number of hydrogen-bond acceptors (Lipinski definition) is 8. The standard InChI is InChI=1S/C25H27N7O4/c1-16(12-26)10-19(13-27-2)20-8-9-22(33)32(29-20)14-17-6-5-7-18(11-17)24(34)28-21-15-31(3)30-23(21)25(35)36-4/h5-11,13,15H,2,12,14,26H2,1,3-4H3,(H,28,34)/b16-10+,19-13+. The fourth-order valence-corrected chi connectivity index (χ4v) is 3.32. The maximum Gasteiger partial charge on any atom is 0.360 e. The molecule has 1 amide bonds. The molecular formula is C25H27N7O4. The van der Waals surface area contributed by atoms with E-state index in [4.69, 9.17) is 10.5 Å². The molecule has 0 radical (unpaired) electrons. The Morgan fingerprint density at radius 1 is 1.25 bits per heavy atom. The molecule has 0 saturated heterocycles. The van der Waals surface area contributed by atoms with E-state index in [0.29, 0.717) is 28.9 Å². The van der Waals surface area contributed by atoms with Gasteiger partial charge in [-0.05, 0) is 37.4 Å². The number of allylic oxidation sites excluding steroid dienone is 2. The Balaban J connectivity index is 1.87. The average molecular weight is 490 g/mol. The number of ether oxygens (including phenoxy) is 1. The lowest BCUT2D eigenvalue weighted by Gasteiger charge is -2.10. The van der Waals surface area contributed by atoms with E-state index in [9.17, 15) is 14.4 Å².